The Labute approximate surface area is 164 Å². The highest BCUT2D eigenvalue weighted by Crippen LogP contribution is 2.43. The van der Waals surface area contributed by atoms with Crippen LogP contribution in [0.4, 0.5) is 0 Å². The van der Waals surface area contributed by atoms with Crippen LogP contribution in [0.25, 0.3) is 16.8 Å². The highest BCUT2D eigenvalue weighted by Gasteiger charge is 2.39. The van der Waals surface area contributed by atoms with Crippen molar-refractivity contribution in [3.63, 3.8) is 0 Å². The lowest BCUT2D eigenvalue weighted by Gasteiger charge is -2.27. The fraction of sp³-hybridized carbons (Fsp3) is 0.619. The van der Waals surface area contributed by atoms with Crippen LogP contribution in [-0.2, 0) is 4.74 Å². The van der Waals surface area contributed by atoms with E-state index in [1.54, 1.807) is 6.20 Å². The van der Waals surface area contributed by atoms with Gasteiger partial charge in [0.15, 0.2) is 11.3 Å². The number of nitrogens with one attached hydrogen (secondary N) is 1. The quantitative estimate of drug-likeness (QED) is 0.741. The van der Waals surface area contributed by atoms with E-state index in [1.807, 2.05) is 12.3 Å². The third kappa shape index (κ3) is 2.96. The third-order valence-corrected chi connectivity index (χ3v) is 6.72. The van der Waals surface area contributed by atoms with Crippen molar-refractivity contribution in [2.75, 3.05) is 0 Å². The summed E-state index contributed by atoms with van der Waals surface area (Å²) < 4.78 is 8.66. The predicted molar refractivity (Wildman–Crippen MR) is 105 cm³/mol. The Balaban J connectivity index is 1.38. The van der Waals surface area contributed by atoms with E-state index in [2.05, 4.69) is 37.6 Å². The summed E-state index contributed by atoms with van der Waals surface area (Å²) in [5, 5.41) is 18.1. The minimum Gasteiger partial charge on any atom is -0.375 e. The summed E-state index contributed by atoms with van der Waals surface area (Å²) >= 11 is 0. The van der Waals surface area contributed by atoms with Crippen LogP contribution in [-0.4, -0.2) is 36.8 Å². The smallest absolute Gasteiger partial charge is 0.179 e. The number of hydrogen-bond donors (Lipinski definition) is 1. The molecule has 1 N–H and O–H groups in total. The molecule has 3 aromatic rings. The Morgan fingerprint density at radius 3 is 2.86 bits per heavy atom. The van der Waals surface area contributed by atoms with E-state index < -0.39 is 0 Å². The lowest BCUT2D eigenvalue weighted by molar-refractivity contribution is -0.0318. The molecule has 0 bridgehead atoms. The molecule has 3 atom stereocenters. The van der Waals surface area contributed by atoms with E-state index in [0.717, 1.165) is 67.6 Å². The van der Waals surface area contributed by atoms with Crippen molar-refractivity contribution in [3.05, 3.63) is 24.3 Å². The maximum absolute atomic E-state index is 9.10. The molecule has 0 saturated heterocycles. The predicted octanol–water partition coefficient (Wildman–Crippen LogP) is 3.98. The second-order valence-corrected chi connectivity index (χ2v) is 8.33. The molecule has 5 rings (SSSR count). The van der Waals surface area contributed by atoms with Gasteiger partial charge in [-0.1, -0.05) is 13.3 Å². The van der Waals surface area contributed by atoms with Gasteiger partial charge < -0.3 is 9.72 Å². The molecule has 0 amide bonds. The maximum Gasteiger partial charge on any atom is 0.179 e. The van der Waals surface area contributed by atoms with Gasteiger partial charge in [-0.2, -0.15) is 5.26 Å². The SMILES string of the molecule is CCC1CC(OC2CCC(C#N)CC2)CC1c1nnc2cnc3[nH]ccc3n12. The lowest BCUT2D eigenvalue weighted by Crippen LogP contribution is -2.25. The zero-order valence-corrected chi connectivity index (χ0v) is 16.2. The largest absolute Gasteiger partial charge is 0.375 e. The van der Waals surface area contributed by atoms with E-state index in [9.17, 15) is 0 Å². The molecule has 2 aliphatic rings. The van der Waals surface area contributed by atoms with Crippen molar-refractivity contribution in [2.24, 2.45) is 11.8 Å². The molecule has 0 radical (unpaired) electrons. The summed E-state index contributed by atoms with van der Waals surface area (Å²) in [6.45, 7) is 2.26. The van der Waals surface area contributed by atoms with Gasteiger partial charge in [0.25, 0.3) is 0 Å². The summed E-state index contributed by atoms with van der Waals surface area (Å²) in [5.41, 5.74) is 2.70. The van der Waals surface area contributed by atoms with Gasteiger partial charge in [-0.25, -0.2) is 4.98 Å². The maximum atomic E-state index is 9.10. The van der Waals surface area contributed by atoms with Crippen molar-refractivity contribution in [1.29, 1.82) is 5.26 Å². The number of nitriles is 1. The molecule has 2 saturated carbocycles. The molecule has 0 aliphatic heterocycles. The van der Waals surface area contributed by atoms with E-state index >= 15 is 0 Å². The highest BCUT2D eigenvalue weighted by atomic mass is 16.5. The molecule has 0 spiro atoms. The van der Waals surface area contributed by atoms with Gasteiger partial charge in [-0.15, -0.1) is 10.2 Å². The Morgan fingerprint density at radius 1 is 1.21 bits per heavy atom. The Morgan fingerprint density at radius 2 is 2.07 bits per heavy atom. The number of ether oxygens (including phenoxy) is 1. The van der Waals surface area contributed by atoms with Crippen LogP contribution in [0.5, 0.6) is 0 Å². The number of H-pyrrole nitrogens is 1. The fourth-order valence-electron chi connectivity index (χ4n) is 5.19. The van der Waals surface area contributed by atoms with Gasteiger partial charge in [0, 0.05) is 18.0 Å². The second kappa shape index (κ2) is 7.17. The minimum absolute atomic E-state index is 0.222. The van der Waals surface area contributed by atoms with E-state index in [0.29, 0.717) is 17.9 Å². The first kappa shape index (κ1) is 17.6. The third-order valence-electron chi connectivity index (χ3n) is 6.72. The monoisotopic (exact) mass is 378 g/mol. The Bertz CT molecular complexity index is 1010. The average Bonchev–Trinajstić information content (AvgIpc) is 3.45. The van der Waals surface area contributed by atoms with Gasteiger partial charge >= 0.3 is 0 Å². The summed E-state index contributed by atoms with van der Waals surface area (Å²) in [7, 11) is 0. The van der Waals surface area contributed by atoms with Crippen molar-refractivity contribution in [2.45, 2.75) is 70.0 Å². The first-order chi connectivity index (χ1) is 13.8. The summed E-state index contributed by atoms with van der Waals surface area (Å²) in [6, 6.07) is 4.45. The molecule has 0 aromatic carbocycles. The molecule has 3 unspecified atom stereocenters. The average molecular weight is 378 g/mol. The highest BCUT2D eigenvalue weighted by molar-refractivity contribution is 5.74. The zero-order chi connectivity index (χ0) is 19.1. The number of hydrogen-bond acceptors (Lipinski definition) is 5. The van der Waals surface area contributed by atoms with Crippen LogP contribution >= 0.6 is 0 Å². The Hall–Kier alpha value is -2.46. The zero-order valence-electron chi connectivity index (χ0n) is 16.2. The van der Waals surface area contributed by atoms with Gasteiger partial charge in [0.1, 0.15) is 5.82 Å². The molecule has 3 heterocycles. The van der Waals surface area contributed by atoms with Crippen molar-refractivity contribution in [3.8, 4) is 6.07 Å². The van der Waals surface area contributed by atoms with E-state index in [4.69, 9.17) is 10.00 Å². The van der Waals surface area contributed by atoms with Crippen molar-refractivity contribution in [1.82, 2.24) is 24.6 Å². The normalized spacial score (nSPS) is 30.8. The number of fused-ring (bicyclic) bond motifs is 3. The molecular formula is C21H26N6O. The minimum atomic E-state index is 0.222. The summed E-state index contributed by atoms with van der Waals surface area (Å²) in [6.07, 6.45) is 11.4. The standard InChI is InChI=1S/C21H26N6O/c1-2-14-9-16(28-15-5-3-13(11-22)4-6-15)10-17(14)21-26-25-19-12-24-20-18(27(19)21)7-8-23-20/h7-8,12-17,23H,2-6,9-10H2,1H3. The number of aromatic amines is 1. The van der Waals surface area contributed by atoms with Crippen LogP contribution < -0.4 is 0 Å². The molecule has 7 heteroatoms. The van der Waals surface area contributed by atoms with Gasteiger partial charge in [-0.3, -0.25) is 4.40 Å². The molecular weight excluding hydrogens is 352 g/mol. The second-order valence-electron chi connectivity index (χ2n) is 8.33. The topological polar surface area (TPSA) is 91.9 Å². The molecule has 2 fully saturated rings. The molecule has 28 heavy (non-hydrogen) atoms. The van der Waals surface area contributed by atoms with Crippen LogP contribution in [0, 0.1) is 23.2 Å². The van der Waals surface area contributed by atoms with Crippen molar-refractivity contribution < 1.29 is 4.74 Å². The van der Waals surface area contributed by atoms with Crippen LogP contribution in [0.1, 0.15) is 63.6 Å². The van der Waals surface area contributed by atoms with Crippen LogP contribution in [0.15, 0.2) is 18.5 Å². The van der Waals surface area contributed by atoms with Crippen LogP contribution in [0.2, 0.25) is 0 Å². The van der Waals surface area contributed by atoms with Crippen molar-refractivity contribution >= 4 is 16.8 Å². The summed E-state index contributed by atoms with van der Waals surface area (Å²) in [4.78, 5) is 7.61. The molecule has 7 nitrogen and oxygen atoms in total. The summed E-state index contributed by atoms with van der Waals surface area (Å²) in [5.74, 6) is 2.16. The first-order valence-corrected chi connectivity index (χ1v) is 10.5. The fourth-order valence-corrected chi connectivity index (χ4v) is 5.19. The van der Waals surface area contributed by atoms with E-state index in [1.165, 1.54) is 0 Å². The number of rotatable bonds is 4. The lowest BCUT2D eigenvalue weighted by atomic mass is 9.88. The van der Waals surface area contributed by atoms with E-state index in [-0.39, 0.29) is 12.0 Å². The molecule has 146 valence electrons. The number of nitrogens with zero attached hydrogens (tertiary/aromatic N) is 5. The van der Waals surface area contributed by atoms with Gasteiger partial charge in [0.2, 0.25) is 0 Å². The van der Waals surface area contributed by atoms with Crippen LogP contribution in [0.3, 0.4) is 0 Å². The Kier molecular flexibility index (Phi) is 4.52. The molecule has 3 aromatic heterocycles. The number of aromatic nitrogens is 5. The van der Waals surface area contributed by atoms with Gasteiger partial charge in [0.05, 0.1) is 30.0 Å². The van der Waals surface area contributed by atoms with Gasteiger partial charge in [-0.05, 0) is 50.5 Å². The molecule has 2 aliphatic carbocycles. The first-order valence-electron chi connectivity index (χ1n) is 10.5.